The van der Waals surface area contributed by atoms with Crippen molar-refractivity contribution in [3.05, 3.63) is 0 Å². The van der Waals surface area contributed by atoms with Crippen LogP contribution in [0.15, 0.2) is 0 Å². The van der Waals surface area contributed by atoms with Gasteiger partial charge in [-0.3, -0.25) is 0 Å². The molecule has 0 aliphatic carbocycles. The third-order valence-corrected chi connectivity index (χ3v) is 0. The van der Waals surface area contributed by atoms with Gasteiger partial charge in [0.05, 0.1) is 0 Å². The largest absolute Gasteiger partial charge is 1.00 e. The third-order valence-electron chi connectivity index (χ3n) is 0. The molecule has 28 valence electrons. The van der Waals surface area contributed by atoms with E-state index in [1.165, 1.54) is 0 Å². The van der Waals surface area contributed by atoms with E-state index in [4.69, 9.17) is 8.76 Å². The Morgan fingerprint density at radius 2 is 2.00 bits per heavy atom. The first-order valence-corrected chi connectivity index (χ1v) is 1.46. The van der Waals surface area contributed by atoms with Gasteiger partial charge in [0.25, 0.3) is 0 Å². The van der Waals surface area contributed by atoms with Crippen LogP contribution >= 0.6 is 0 Å². The monoisotopic (exact) mass is 123 g/mol. The molecule has 0 fully saturated rings. The zero-order valence-electron chi connectivity index (χ0n) is 3.60. The Bertz CT molecular complexity index is 36.5. The number of rotatable bonds is 0. The number of halogens is 1. The van der Waals surface area contributed by atoms with Crippen LogP contribution in [-0.4, -0.2) is 8.76 Å². The summed E-state index contributed by atoms with van der Waals surface area (Å²) >= 11 is -3.36. The van der Waals surface area contributed by atoms with Gasteiger partial charge in [-0.1, -0.05) is 0 Å². The van der Waals surface area contributed by atoms with Crippen molar-refractivity contribution in [1.82, 2.24) is 0 Å². The van der Waals surface area contributed by atoms with E-state index >= 15 is 0 Å². The first kappa shape index (κ1) is 9.84. The minimum atomic E-state index is -3.36. The summed E-state index contributed by atoms with van der Waals surface area (Å²) in [6, 6.07) is 0. The molecule has 1 unspecified atom stereocenters. The molecule has 0 aromatic rings. The van der Waals surface area contributed by atoms with Crippen molar-refractivity contribution in [2.45, 2.75) is 0 Å². The summed E-state index contributed by atoms with van der Waals surface area (Å²) in [7, 11) is 0. The molecule has 0 radical (unpaired) electrons. The molecule has 0 rings (SSSR count). The summed E-state index contributed by atoms with van der Waals surface area (Å²) in [4.78, 5) is 0. The van der Waals surface area contributed by atoms with Crippen molar-refractivity contribution in [3.8, 4) is 0 Å². The van der Waals surface area contributed by atoms with Crippen LogP contribution in [0.2, 0.25) is 0 Å². The average molecular weight is 123 g/mol. The Morgan fingerprint density at radius 1 is 2.00 bits per heavy atom. The molecule has 0 aromatic carbocycles. The molecular weight excluding hydrogens is 122 g/mol. The zero-order valence-corrected chi connectivity index (χ0v) is 6.54. The second-order valence-corrected chi connectivity index (χ2v) is 0.582. The van der Waals surface area contributed by atoms with Crippen LogP contribution in [0.4, 0.5) is 3.89 Å². The second-order valence-electron chi connectivity index (χ2n) is 0.194. The van der Waals surface area contributed by atoms with E-state index in [0.717, 1.165) is 0 Å². The van der Waals surface area contributed by atoms with E-state index in [0.29, 0.717) is 0 Å². The van der Waals surface area contributed by atoms with Gasteiger partial charge in [-0.25, -0.2) is 4.21 Å². The van der Waals surface area contributed by atoms with Gasteiger partial charge in [0.1, 0.15) is 11.5 Å². The molecule has 2 nitrogen and oxygen atoms in total. The van der Waals surface area contributed by atoms with Gasteiger partial charge in [0.2, 0.25) is 0 Å². The quantitative estimate of drug-likeness (QED) is 0.194. The average Bonchev–Trinajstić information content (AvgIpc) is 0.811. The normalized spacial score (nSPS) is 12.4. The van der Waals surface area contributed by atoms with Crippen molar-refractivity contribution >= 4 is 11.5 Å². The van der Waals surface area contributed by atoms with Gasteiger partial charge in [-0.15, -0.1) is 3.89 Å². The Morgan fingerprint density at radius 3 is 2.00 bits per heavy atom. The standard InChI is InChI=1S/FHO2S.K.H/c1-4(2)3;;/h(H,2,3);;/q;+1;-1/p-1. The first-order chi connectivity index (χ1) is 1.73. The first-order valence-electron chi connectivity index (χ1n) is 0.488. The fourth-order valence-corrected chi connectivity index (χ4v) is 0. The fourth-order valence-electron chi connectivity index (χ4n) is 0. The van der Waals surface area contributed by atoms with Crippen molar-refractivity contribution in [2.75, 3.05) is 0 Å². The molecule has 0 saturated heterocycles. The minimum absolute atomic E-state index is 0. The molecule has 5 heteroatoms. The van der Waals surface area contributed by atoms with E-state index in [2.05, 4.69) is 0 Å². The molecule has 0 N–H and O–H groups in total. The van der Waals surface area contributed by atoms with Crippen LogP contribution in [0, 0.1) is 0 Å². The molecule has 0 spiro atoms. The van der Waals surface area contributed by atoms with Crippen LogP contribution in [0.3, 0.4) is 0 Å². The van der Waals surface area contributed by atoms with E-state index in [9.17, 15) is 3.89 Å². The van der Waals surface area contributed by atoms with Crippen molar-refractivity contribution in [3.63, 3.8) is 0 Å². The van der Waals surface area contributed by atoms with E-state index in [1.807, 2.05) is 0 Å². The van der Waals surface area contributed by atoms with E-state index in [-0.39, 0.29) is 52.8 Å². The second kappa shape index (κ2) is 5.68. The molecule has 0 aliphatic heterocycles. The Balaban J connectivity index is -0.0000000450. The van der Waals surface area contributed by atoms with Gasteiger partial charge in [0, 0.05) is 0 Å². The maximum atomic E-state index is 9.92. The van der Waals surface area contributed by atoms with Crippen LogP contribution in [-0.2, 0) is 11.5 Å². The van der Waals surface area contributed by atoms with E-state index in [1.54, 1.807) is 0 Å². The van der Waals surface area contributed by atoms with Gasteiger partial charge >= 0.3 is 51.4 Å². The Kier molecular flexibility index (Phi) is 11.2. The molecule has 5 heavy (non-hydrogen) atoms. The maximum absolute atomic E-state index is 9.92. The van der Waals surface area contributed by atoms with E-state index < -0.39 is 11.5 Å². The SMILES string of the molecule is O=S([O-])F.[H-].[K+]. The molecular formula is HFKO2S-. The van der Waals surface area contributed by atoms with Gasteiger partial charge in [0.15, 0.2) is 0 Å². The minimum Gasteiger partial charge on any atom is -1.00 e. The molecule has 1 atom stereocenters. The summed E-state index contributed by atoms with van der Waals surface area (Å²) < 4.78 is 26.6. The van der Waals surface area contributed by atoms with Crippen LogP contribution < -0.4 is 51.4 Å². The fraction of sp³-hybridized carbons (Fsp3) is 0. The number of hydrogen-bond donors (Lipinski definition) is 0. The van der Waals surface area contributed by atoms with Crippen molar-refractivity contribution in [2.24, 2.45) is 0 Å². The summed E-state index contributed by atoms with van der Waals surface area (Å²) in [5, 5.41) is 0. The van der Waals surface area contributed by atoms with Crippen LogP contribution in [0.1, 0.15) is 1.43 Å². The predicted molar refractivity (Wildman–Crippen MR) is 11.1 cm³/mol. The molecule has 0 bridgehead atoms. The van der Waals surface area contributed by atoms with Crippen LogP contribution in [0.5, 0.6) is 0 Å². The summed E-state index contributed by atoms with van der Waals surface area (Å²) in [5.74, 6) is 0. The molecule has 0 aromatic heterocycles. The molecule has 0 heterocycles. The van der Waals surface area contributed by atoms with Gasteiger partial charge in [-0.05, 0) is 0 Å². The van der Waals surface area contributed by atoms with Crippen molar-refractivity contribution in [1.29, 1.82) is 0 Å². The zero-order chi connectivity index (χ0) is 3.58. The molecule has 0 amide bonds. The van der Waals surface area contributed by atoms with Gasteiger partial charge in [-0.2, -0.15) is 0 Å². The van der Waals surface area contributed by atoms with Crippen LogP contribution in [0.25, 0.3) is 0 Å². The topological polar surface area (TPSA) is 40.1 Å². The summed E-state index contributed by atoms with van der Waals surface area (Å²) in [6.45, 7) is 0. The molecule has 0 aliphatic rings. The van der Waals surface area contributed by atoms with Crippen molar-refractivity contribution < 1.29 is 65.5 Å². The maximum Gasteiger partial charge on any atom is 1.00 e. The number of hydrogen-bond acceptors (Lipinski definition) is 2. The Labute approximate surface area is 75.6 Å². The van der Waals surface area contributed by atoms with Gasteiger partial charge < -0.3 is 5.98 Å². The predicted octanol–water partition coefficient (Wildman–Crippen LogP) is -3.13. The summed E-state index contributed by atoms with van der Waals surface area (Å²) in [5.41, 5.74) is 0. The third kappa shape index (κ3) is 27.3. The molecule has 0 saturated carbocycles. The Hall–Kier alpha value is 1.68. The summed E-state index contributed by atoms with van der Waals surface area (Å²) in [6.07, 6.45) is 0. The smallest absolute Gasteiger partial charge is 1.00 e.